The van der Waals surface area contributed by atoms with Gasteiger partial charge in [0.1, 0.15) is 0 Å². The fraction of sp³-hybridized carbons (Fsp3) is 0.417. The molecule has 0 fully saturated rings. The summed E-state index contributed by atoms with van der Waals surface area (Å²) in [5.41, 5.74) is 0.887. The second-order valence-electron chi connectivity index (χ2n) is 4.37. The Balaban J connectivity index is 2.72. The molecule has 82 valence electrons. The lowest BCUT2D eigenvalue weighted by Gasteiger charge is -2.25. The molecule has 1 rings (SSSR count). The highest BCUT2D eigenvalue weighted by Crippen LogP contribution is 2.16. The number of rotatable bonds is 3. The van der Waals surface area contributed by atoms with Crippen LogP contribution in [0.1, 0.15) is 26.3 Å². The van der Waals surface area contributed by atoms with Crippen molar-refractivity contribution in [1.82, 2.24) is 5.32 Å². The van der Waals surface area contributed by atoms with E-state index in [2.05, 4.69) is 5.32 Å². The van der Waals surface area contributed by atoms with Crippen LogP contribution in [0.2, 0.25) is 5.02 Å². The SMILES string of the molecule is CC(=O)NC(C)(C)Cc1cccc(Cl)c1. The van der Waals surface area contributed by atoms with Crippen molar-refractivity contribution >= 4 is 17.5 Å². The quantitative estimate of drug-likeness (QED) is 0.842. The van der Waals surface area contributed by atoms with Crippen molar-refractivity contribution in [2.45, 2.75) is 32.7 Å². The second-order valence-corrected chi connectivity index (χ2v) is 4.81. The topological polar surface area (TPSA) is 29.1 Å². The summed E-state index contributed by atoms with van der Waals surface area (Å²) in [7, 11) is 0. The van der Waals surface area contributed by atoms with Crippen LogP contribution < -0.4 is 5.32 Å². The van der Waals surface area contributed by atoms with Gasteiger partial charge in [0, 0.05) is 17.5 Å². The molecule has 1 amide bonds. The summed E-state index contributed by atoms with van der Waals surface area (Å²) in [6.45, 7) is 5.52. The first-order valence-electron chi connectivity index (χ1n) is 4.92. The van der Waals surface area contributed by atoms with E-state index < -0.39 is 0 Å². The molecule has 15 heavy (non-hydrogen) atoms. The van der Waals surface area contributed by atoms with Gasteiger partial charge in [-0.25, -0.2) is 0 Å². The van der Waals surface area contributed by atoms with E-state index in [4.69, 9.17) is 11.6 Å². The van der Waals surface area contributed by atoms with Crippen molar-refractivity contribution in [3.8, 4) is 0 Å². The van der Waals surface area contributed by atoms with E-state index in [1.54, 1.807) is 0 Å². The lowest BCUT2D eigenvalue weighted by Crippen LogP contribution is -2.43. The lowest BCUT2D eigenvalue weighted by atomic mass is 9.95. The minimum atomic E-state index is -0.240. The third kappa shape index (κ3) is 4.34. The van der Waals surface area contributed by atoms with Crippen LogP contribution in [0, 0.1) is 0 Å². The largest absolute Gasteiger partial charge is 0.351 e. The van der Waals surface area contributed by atoms with Gasteiger partial charge in [-0.1, -0.05) is 23.7 Å². The van der Waals surface area contributed by atoms with Gasteiger partial charge in [0.15, 0.2) is 0 Å². The van der Waals surface area contributed by atoms with E-state index in [9.17, 15) is 4.79 Å². The van der Waals surface area contributed by atoms with E-state index in [1.807, 2.05) is 38.1 Å². The molecule has 0 bridgehead atoms. The molecule has 0 saturated heterocycles. The molecule has 0 saturated carbocycles. The molecule has 0 aromatic heterocycles. The third-order valence-electron chi connectivity index (χ3n) is 2.05. The zero-order valence-corrected chi connectivity index (χ0v) is 10.1. The van der Waals surface area contributed by atoms with Gasteiger partial charge in [-0.2, -0.15) is 0 Å². The molecule has 0 aliphatic heterocycles. The summed E-state index contributed by atoms with van der Waals surface area (Å²) < 4.78 is 0. The maximum atomic E-state index is 11.0. The van der Waals surface area contributed by atoms with Gasteiger partial charge >= 0.3 is 0 Å². The summed E-state index contributed by atoms with van der Waals surface area (Å²) in [6, 6.07) is 7.69. The molecule has 1 aromatic rings. The summed E-state index contributed by atoms with van der Waals surface area (Å²) >= 11 is 5.89. The third-order valence-corrected chi connectivity index (χ3v) is 2.28. The van der Waals surface area contributed by atoms with Gasteiger partial charge in [-0.15, -0.1) is 0 Å². The van der Waals surface area contributed by atoms with Crippen molar-refractivity contribution in [2.24, 2.45) is 0 Å². The monoisotopic (exact) mass is 225 g/mol. The van der Waals surface area contributed by atoms with Gasteiger partial charge in [0.05, 0.1) is 0 Å². The highest BCUT2D eigenvalue weighted by molar-refractivity contribution is 6.30. The van der Waals surface area contributed by atoms with Crippen LogP contribution in [-0.4, -0.2) is 11.4 Å². The number of benzene rings is 1. The zero-order valence-electron chi connectivity index (χ0n) is 9.30. The summed E-state index contributed by atoms with van der Waals surface area (Å²) in [5.74, 6) is -0.0120. The van der Waals surface area contributed by atoms with Gasteiger partial charge in [0.25, 0.3) is 0 Å². The Kier molecular flexibility index (Phi) is 3.75. The summed E-state index contributed by atoms with van der Waals surface area (Å²) in [6.07, 6.45) is 0.771. The maximum Gasteiger partial charge on any atom is 0.217 e. The van der Waals surface area contributed by atoms with Crippen LogP contribution in [0.3, 0.4) is 0 Å². The Hall–Kier alpha value is -1.02. The molecule has 0 aliphatic rings. The maximum absolute atomic E-state index is 11.0. The molecule has 2 nitrogen and oxygen atoms in total. The number of amides is 1. The zero-order chi connectivity index (χ0) is 11.5. The molecule has 0 spiro atoms. The molecule has 0 radical (unpaired) electrons. The van der Waals surface area contributed by atoms with Crippen molar-refractivity contribution < 1.29 is 4.79 Å². The Bertz CT molecular complexity index is 360. The fourth-order valence-corrected chi connectivity index (χ4v) is 1.89. The molecule has 0 heterocycles. The van der Waals surface area contributed by atoms with Gasteiger partial charge in [-0.3, -0.25) is 4.79 Å². The highest BCUT2D eigenvalue weighted by atomic mass is 35.5. The van der Waals surface area contributed by atoms with E-state index in [-0.39, 0.29) is 11.4 Å². The van der Waals surface area contributed by atoms with Gasteiger partial charge < -0.3 is 5.32 Å². The van der Waals surface area contributed by atoms with Crippen LogP contribution in [0.4, 0.5) is 0 Å². The van der Waals surface area contributed by atoms with Crippen LogP contribution in [0.5, 0.6) is 0 Å². The van der Waals surface area contributed by atoms with Crippen LogP contribution in [0.15, 0.2) is 24.3 Å². The first-order chi connectivity index (χ1) is 6.89. The number of hydrogen-bond acceptors (Lipinski definition) is 1. The Morgan fingerprint density at radius 2 is 2.13 bits per heavy atom. The number of hydrogen-bond donors (Lipinski definition) is 1. The van der Waals surface area contributed by atoms with Crippen LogP contribution in [0.25, 0.3) is 0 Å². The minimum absolute atomic E-state index is 0.0120. The van der Waals surface area contributed by atoms with E-state index in [0.717, 1.165) is 17.0 Å². The average Bonchev–Trinajstić information content (AvgIpc) is 1.99. The first kappa shape index (κ1) is 12.1. The predicted octanol–water partition coefficient (Wildman–Crippen LogP) is 2.80. The number of carbonyl (C=O) groups is 1. The summed E-state index contributed by atoms with van der Waals surface area (Å²) in [4.78, 5) is 11.0. The molecule has 1 aromatic carbocycles. The summed E-state index contributed by atoms with van der Waals surface area (Å²) in [5, 5.41) is 3.63. The van der Waals surface area contributed by atoms with E-state index in [0.29, 0.717) is 0 Å². The normalized spacial score (nSPS) is 11.2. The van der Waals surface area contributed by atoms with Crippen molar-refractivity contribution in [2.75, 3.05) is 0 Å². The molecular formula is C12H16ClNO. The van der Waals surface area contributed by atoms with Crippen LogP contribution in [-0.2, 0) is 11.2 Å². The Labute approximate surface area is 95.6 Å². The highest BCUT2D eigenvalue weighted by Gasteiger charge is 2.18. The first-order valence-corrected chi connectivity index (χ1v) is 5.30. The molecule has 0 atom stereocenters. The molecule has 0 aliphatic carbocycles. The lowest BCUT2D eigenvalue weighted by molar-refractivity contribution is -0.120. The Morgan fingerprint density at radius 3 is 2.67 bits per heavy atom. The molecule has 0 unspecified atom stereocenters. The Morgan fingerprint density at radius 1 is 1.47 bits per heavy atom. The molecular weight excluding hydrogens is 210 g/mol. The van der Waals surface area contributed by atoms with Gasteiger partial charge in [0.2, 0.25) is 5.91 Å². The minimum Gasteiger partial charge on any atom is -0.351 e. The van der Waals surface area contributed by atoms with Crippen molar-refractivity contribution in [1.29, 1.82) is 0 Å². The number of carbonyl (C=O) groups excluding carboxylic acids is 1. The number of halogens is 1. The van der Waals surface area contributed by atoms with Crippen molar-refractivity contribution in [3.63, 3.8) is 0 Å². The predicted molar refractivity (Wildman–Crippen MR) is 63.1 cm³/mol. The standard InChI is InChI=1S/C12H16ClNO/c1-9(15)14-12(2,3)8-10-5-4-6-11(13)7-10/h4-7H,8H2,1-3H3,(H,14,15). The second kappa shape index (κ2) is 4.67. The molecule has 3 heteroatoms. The van der Waals surface area contributed by atoms with E-state index in [1.165, 1.54) is 6.92 Å². The molecule has 1 N–H and O–H groups in total. The smallest absolute Gasteiger partial charge is 0.217 e. The van der Waals surface area contributed by atoms with Crippen LogP contribution >= 0.6 is 11.6 Å². The average molecular weight is 226 g/mol. The van der Waals surface area contributed by atoms with Crippen molar-refractivity contribution in [3.05, 3.63) is 34.9 Å². The van der Waals surface area contributed by atoms with Gasteiger partial charge in [-0.05, 0) is 38.0 Å². The van der Waals surface area contributed by atoms with E-state index >= 15 is 0 Å². The fourth-order valence-electron chi connectivity index (χ4n) is 1.68. The number of nitrogens with one attached hydrogen (secondary N) is 1.